The van der Waals surface area contributed by atoms with Crippen LogP contribution in [0.3, 0.4) is 0 Å². The lowest BCUT2D eigenvalue weighted by Gasteiger charge is -2.08. The average Bonchev–Trinajstić information content (AvgIpc) is 2.37. The van der Waals surface area contributed by atoms with Crippen molar-refractivity contribution in [3.8, 4) is 5.75 Å². The Kier molecular flexibility index (Phi) is 3.86. The molecule has 0 fully saturated rings. The molecule has 2 rings (SSSR count). The lowest BCUT2D eigenvalue weighted by atomic mass is 10.3. The number of nitrogens with two attached hydrogens (primary N) is 1. The molecule has 0 aliphatic rings. The van der Waals surface area contributed by atoms with Gasteiger partial charge in [-0.2, -0.15) is 0 Å². The molecule has 5 nitrogen and oxygen atoms in total. The molecule has 19 heavy (non-hydrogen) atoms. The maximum atomic E-state index is 13.3. The maximum Gasteiger partial charge on any atom is 0.191 e. The van der Waals surface area contributed by atoms with E-state index in [2.05, 4.69) is 15.4 Å². The number of anilines is 1. The number of rotatable bonds is 4. The topological polar surface area (TPSA) is 73.1 Å². The molecule has 0 aliphatic heterocycles. The summed E-state index contributed by atoms with van der Waals surface area (Å²) < 4.78 is 31.7. The van der Waals surface area contributed by atoms with Crippen molar-refractivity contribution in [3.05, 3.63) is 47.4 Å². The van der Waals surface area contributed by atoms with E-state index in [0.717, 1.165) is 12.1 Å². The minimum Gasteiger partial charge on any atom is -0.479 e. The van der Waals surface area contributed by atoms with Gasteiger partial charge in [0.2, 0.25) is 0 Å². The number of nitrogens with one attached hydrogen (secondary N) is 1. The van der Waals surface area contributed by atoms with Gasteiger partial charge in [0.1, 0.15) is 12.4 Å². The van der Waals surface area contributed by atoms with Gasteiger partial charge in [0.15, 0.2) is 23.2 Å². The highest BCUT2D eigenvalue weighted by Crippen LogP contribution is 2.21. The molecule has 0 bridgehead atoms. The highest BCUT2D eigenvalue weighted by Gasteiger charge is 2.11. The Hall–Kier alpha value is -2.28. The minimum absolute atomic E-state index is 0.159. The monoisotopic (exact) mass is 266 g/mol. The number of hydrazine groups is 1. The highest BCUT2D eigenvalue weighted by atomic mass is 19.1. The van der Waals surface area contributed by atoms with Gasteiger partial charge in [0.25, 0.3) is 0 Å². The Bertz CT molecular complexity index is 572. The molecule has 1 aromatic carbocycles. The number of para-hydroxylation sites is 1. The summed E-state index contributed by atoms with van der Waals surface area (Å²) in [4.78, 5) is 8.09. The standard InChI is InChI=1S/C12H12F2N4O/c1-7-5-10(18-15)17-11(16-7)6-19-12-8(13)3-2-4-9(12)14/h2-5H,6,15H2,1H3,(H,16,17,18). The zero-order chi connectivity index (χ0) is 13.8. The molecule has 1 aromatic heterocycles. The fourth-order valence-corrected chi connectivity index (χ4v) is 1.53. The van der Waals surface area contributed by atoms with Crippen molar-refractivity contribution < 1.29 is 13.5 Å². The molecular weight excluding hydrogens is 254 g/mol. The summed E-state index contributed by atoms with van der Waals surface area (Å²) in [6, 6.07) is 5.12. The maximum absolute atomic E-state index is 13.3. The second-order valence-corrected chi connectivity index (χ2v) is 3.79. The zero-order valence-corrected chi connectivity index (χ0v) is 10.2. The number of ether oxygens (including phenoxy) is 1. The molecule has 1 heterocycles. The van der Waals surface area contributed by atoms with Gasteiger partial charge in [0.05, 0.1) is 0 Å². The van der Waals surface area contributed by atoms with Crippen LogP contribution >= 0.6 is 0 Å². The van der Waals surface area contributed by atoms with E-state index in [9.17, 15) is 8.78 Å². The molecule has 2 aromatic rings. The minimum atomic E-state index is -0.773. The predicted octanol–water partition coefficient (Wildman–Crippen LogP) is 1.93. The predicted molar refractivity (Wildman–Crippen MR) is 65.3 cm³/mol. The summed E-state index contributed by atoms with van der Waals surface area (Å²) in [5.74, 6) is 3.92. The van der Waals surface area contributed by atoms with E-state index in [4.69, 9.17) is 10.6 Å². The average molecular weight is 266 g/mol. The molecule has 0 unspecified atom stereocenters. The van der Waals surface area contributed by atoms with E-state index in [0.29, 0.717) is 11.5 Å². The van der Waals surface area contributed by atoms with Crippen LogP contribution in [-0.4, -0.2) is 9.97 Å². The van der Waals surface area contributed by atoms with Crippen LogP contribution in [0.5, 0.6) is 5.75 Å². The number of hydrogen-bond acceptors (Lipinski definition) is 5. The SMILES string of the molecule is Cc1cc(NN)nc(COc2c(F)cccc2F)n1. The Labute approximate surface area is 108 Å². The normalized spacial score (nSPS) is 10.3. The number of benzene rings is 1. The van der Waals surface area contributed by atoms with Crippen molar-refractivity contribution in [2.75, 3.05) is 5.43 Å². The smallest absolute Gasteiger partial charge is 0.191 e. The first-order chi connectivity index (χ1) is 9.10. The molecule has 0 atom stereocenters. The van der Waals surface area contributed by atoms with Gasteiger partial charge in [-0.15, -0.1) is 0 Å². The zero-order valence-electron chi connectivity index (χ0n) is 10.2. The van der Waals surface area contributed by atoms with E-state index < -0.39 is 17.4 Å². The fraction of sp³-hybridized carbons (Fsp3) is 0.167. The van der Waals surface area contributed by atoms with Crippen LogP contribution < -0.4 is 16.0 Å². The van der Waals surface area contributed by atoms with Gasteiger partial charge in [-0.1, -0.05) is 6.07 Å². The number of aryl methyl sites for hydroxylation is 1. The van der Waals surface area contributed by atoms with Crippen molar-refractivity contribution in [1.29, 1.82) is 0 Å². The Morgan fingerprint density at radius 2 is 1.95 bits per heavy atom. The van der Waals surface area contributed by atoms with Gasteiger partial charge < -0.3 is 10.2 Å². The van der Waals surface area contributed by atoms with Crippen molar-refractivity contribution in [2.24, 2.45) is 5.84 Å². The molecule has 0 saturated heterocycles. The van der Waals surface area contributed by atoms with Crippen LogP contribution in [0.2, 0.25) is 0 Å². The van der Waals surface area contributed by atoms with Crippen LogP contribution in [0.1, 0.15) is 11.5 Å². The fourth-order valence-electron chi connectivity index (χ4n) is 1.53. The molecule has 0 amide bonds. The van der Waals surface area contributed by atoms with Crippen LogP contribution in [-0.2, 0) is 6.61 Å². The molecule has 0 radical (unpaired) electrons. The van der Waals surface area contributed by atoms with Crippen molar-refractivity contribution >= 4 is 5.82 Å². The second-order valence-electron chi connectivity index (χ2n) is 3.79. The number of aromatic nitrogens is 2. The van der Waals surface area contributed by atoms with E-state index in [-0.39, 0.29) is 12.4 Å². The molecular formula is C12H12F2N4O. The lowest BCUT2D eigenvalue weighted by Crippen LogP contribution is -2.12. The van der Waals surface area contributed by atoms with Crippen molar-refractivity contribution in [1.82, 2.24) is 9.97 Å². The molecule has 0 aliphatic carbocycles. The molecule has 7 heteroatoms. The Morgan fingerprint density at radius 1 is 1.26 bits per heavy atom. The van der Waals surface area contributed by atoms with Crippen LogP contribution in [0.15, 0.2) is 24.3 Å². The van der Waals surface area contributed by atoms with E-state index in [1.807, 2.05) is 0 Å². The summed E-state index contributed by atoms with van der Waals surface area (Å²) in [7, 11) is 0. The van der Waals surface area contributed by atoms with Gasteiger partial charge in [-0.05, 0) is 19.1 Å². The van der Waals surface area contributed by atoms with Crippen LogP contribution in [0, 0.1) is 18.6 Å². The number of hydrogen-bond donors (Lipinski definition) is 2. The van der Waals surface area contributed by atoms with E-state index in [1.165, 1.54) is 6.07 Å². The van der Waals surface area contributed by atoms with Crippen molar-refractivity contribution in [3.63, 3.8) is 0 Å². The first kappa shape index (κ1) is 13.2. The summed E-state index contributed by atoms with van der Waals surface area (Å²) >= 11 is 0. The van der Waals surface area contributed by atoms with Gasteiger partial charge in [-0.25, -0.2) is 24.6 Å². The second kappa shape index (κ2) is 5.57. The molecule has 100 valence electrons. The van der Waals surface area contributed by atoms with Gasteiger partial charge in [0, 0.05) is 11.8 Å². The summed E-state index contributed by atoms with van der Waals surface area (Å²) in [5, 5.41) is 0. The van der Waals surface area contributed by atoms with Crippen molar-refractivity contribution in [2.45, 2.75) is 13.5 Å². The third-order valence-electron chi connectivity index (χ3n) is 2.31. The quantitative estimate of drug-likeness (QED) is 0.653. The largest absolute Gasteiger partial charge is 0.479 e. The third kappa shape index (κ3) is 3.14. The first-order valence-electron chi connectivity index (χ1n) is 5.48. The van der Waals surface area contributed by atoms with Gasteiger partial charge in [-0.3, -0.25) is 0 Å². The van der Waals surface area contributed by atoms with E-state index >= 15 is 0 Å². The number of halogens is 2. The molecule has 0 spiro atoms. The summed E-state index contributed by atoms with van der Waals surface area (Å²) in [5.41, 5.74) is 3.04. The number of nitrogens with zero attached hydrogens (tertiary/aromatic N) is 2. The highest BCUT2D eigenvalue weighted by molar-refractivity contribution is 5.34. The van der Waals surface area contributed by atoms with Crippen LogP contribution in [0.25, 0.3) is 0 Å². The molecule has 3 N–H and O–H groups in total. The summed E-state index contributed by atoms with van der Waals surface area (Å²) in [6.45, 7) is 1.59. The Balaban J connectivity index is 2.16. The van der Waals surface area contributed by atoms with E-state index in [1.54, 1.807) is 13.0 Å². The number of nitrogen functional groups attached to an aromatic ring is 1. The third-order valence-corrected chi connectivity index (χ3v) is 2.31. The summed E-state index contributed by atoms with van der Waals surface area (Å²) in [6.07, 6.45) is 0. The first-order valence-corrected chi connectivity index (χ1v) is 5.48. The van der Waals surface area contributed by atoms with Gasteiger partial charge >= 0.3 is 0 Å². The molecule has 0 saturated carbocycles. The lowest BCUT2D eigenvalue weighted by molar-refractivity contribution is 0.265. The Morgan fingerprint density at radius 3 is 2.58 bits per heavy atom. The van der Waals surface area contributed by atoms with Crippen LogP contribution in [0.4, 0.5) is 14.6 Å².